The van der Waals surface area contributed by atoms with Crippen molar-refractivity contribution in [2.75, 3.05) is 44.8 Å². The van der Waals surface area contributed by atoms with Crippen LogP contribution in [0.2, 0.25) is 5.02 Å². The highest BCUT2D eigenvalue weighted by atomic mass is 127. The molecular formula is C23H33ClIN5O2. The minimum absolute atomic E-state index is 0. The molecule has 0 amide bonds. The molecule has 1 fully saturated rings. The van der Waals surface area contributed by atoms with Crippen molar-refractivity contribution in [3.8, 4) is 5.75 Å². The number of hydrogen-bond acceptors (Lipinski definition) is 5. The van der Waals surface area contributed by atoms with Gasteiger partial charge in [-0.3, -0.25) is 0 Å². The largest absolute Gasteiger partial charge is 0.497 e. The van der Waals surface area contributed by atoms with E-state index in [2.05, 4.69) is 51.5 Å². The van der Waals surface area contributed by atoms with Crippen molar-refractivity contribution in [3.05, 3.63) is 52.7 Å². The molecule has 0 bridgehead atoms. The average molecular weight is 574 g/mol. The Kier molecular flexibility index (Phi) is 11.3. The van der Waals surface area contributed by atoms with Crippen molar-refractivity contribution in [1.82, 2.24) is 15.6 Å². The summed E-state index contributed by atoms with van der Waals surface area (Å²) in [5, 5.41) is 7.36. The third kappa shape index (κ3) is 7.97. The summed E-state index contributed by atoms with van der Waals surface area (Å²) in [6.07, 6.45) is 2.93. The second-order valence-electron chi connectivity index (χ2n) is 7.48. The van der Waals surface area contributed by atoms with Gasteiger partial charge in [0, 0.05) is 37.4 Å². The lowest BCUT2D eigenvalue weighted by Crippen LogP contribution is -2.41. The van der Waals surface area contributed by atoms with Crippen LogP contribution in [0.4, 0.5) is 5.82 Å². The third-order valence-electron chi connectivity index (χ3n) is 5.09. The number of pyridine rings is 1. The second kappa shape index (κ2) is 13.7. The zero-order valence-corrected chi connectivity index (χ0v) is 22.0. The monoisotopic (exact) mass is 573 g/mol. The molecule has 0 aliphatic carbocycles. The van der Waals surface area contributed by atoms with E-state index in [0.717, 1.165) is 67.9 Å². The van der Waals surface area contributed by atoms with Crippen LogP contribution in [-0.2, 0) is 17.7 Å². The Labute approximate surface area is 213 Å². The number of aliphatic imine (C=N–C) groups is 1. The van der Waals surface area contributed by atoms with Crippen LogP contribution < -0.4 is 20.3 Å². The number of rotatable bonds is 8. The van der Waals surface area contributed by atoms with Crippen LogP contribution in [0, 0.1) is 0 Å². The summed E-state index contributed by atoms with van der Waals surface area (Å²) in [6.45, 7) is 8.72. The highest BCUT2D eigenvalue weighted by Gasteiger charge is 2.17. The van der Waals surface area contributed by atoms with Crippen LogP contribution in [0.3, 0.4) is 0 Å². The summed E-state index contributed by atoms with van der Waals surface area (Å²) in [4.78, 5) is 11.6. The first-order valence-electron chi connectivity index (χ1n) is 10.7. The number of benzene rings is 1. The molecule has 1 aliphatic heterocycles. The molecule has 3 rings (SSSR count). The second-order valence-corrected chi connectivity index (χ2v) is 7.89. The molecule has 7 nitrogen and oxygen atoms in total. The molecule has 9 heteroatoms. The Morgan fingerprint density at radius 3 is 2.81 bits per heavy atom. The van der Waals surface area contributed by atoms with Gasteiger partial charge in [0.15, 0.2) is 5.96 Å². The maximum absolute atomic E-state index is 6.33. The smallest absolute Gasteiger partial charge is 0.191 e. The number of nitrogens with zero attached hydrogens (tertiary/aromatic N) is 3. The van der Waals surface area contributed by atoms with Gasteiger partial charge in [0.05, 0.1) is 26.4 Å². The molecule has 32 heavy (non-hydrogen) atoms. The Balaban J connectivity index is 0.00000363. The maximum Gasteiger partial charge on any atom is 0.191 e. The quantitative estimate of drug-likeness (QED) is 0.284. The summed E-state index contributed by atoms with van der Waals surface area (Å²) in [5.74, 6) is 2.53. The van der Waals surface area contributed by atoms with Gasteiger partial charge in [-0.25, -0.2) is 9.98 Å². The van der Waals surface area contributed by atoms with Gasteiger partial charge in [-0.05, 0) is 49.6 Å². The van der Waals surface area contributed by atoms with Crippen LogP contribution in [0.1, 0.15) is 25.0 Å². The number of ether oxygens (including phenoxy) is 2. The van der Waals surface area contributed by atoms with E-state index in [1.165, 1.54) is 0 Å². The number of guanidine groups is 1. The van der Waals surface area contributed by atoms with E-state index in [4.69, 9.17) is 21.1 Å². The number of hydrogen-bond donors (Lipinski definition) is 2. The number of morpholine rings is 1. The molecule has 2 N–H and O–H groups in total. The number of aromatic nitrogens is 1. The standard InChI is InChI=1S/C23H32ClN5O2.HI/c1-4-25-23(26-10-9-19-6-7-20(30-3)13-21(19)24)28-15-18-5-8-22(27-14-18)29-11-12-31-17(2)16-29;/h5-8,13-14,17H,4,9-12,15-16H2,1-3H3,(H2,25,26,28);1H. The van der Waals surface area contributed by atoms with Gasteiger partial charge < -0.3 is 25.0 Å². The predicted molar refractivity (Wildman–Crippen MR) is 142 cm³/mol. The molecule has 176 valence electrons. The first kappa shape index (κ1) is 26.5. The van der Waals surface area contributed by atoms with Crippen LogP contribution in [0.5, 0.6) is 5.75 Å². The van der Waals surface area contributed by atoms with E-state index in [-0.39, 0.29) is 30.1 Å². The van der Waals surface area contributed by atoms with E-state index < -0.39 is 0 Å². The Hall–Kier alpha value is -1.78. The van der Waals surface area contributed by atoms with E-state index in [1.807, 2.05) is 24.4 Å². The van der Waals surface area contributed by atoms with Crippen molar-refractivity contribution in [1.29, 1.82) is 0 Å². The highest BCUT2D eigenvalue weighted by Crippen LogP contribution is 2.22. The Morgan fingerprint density at radius 1 is 1.31 bits per heavy atom. The van der Waals surface area contributed by atoms with Crippen molar-refractivity contribution in [3.63, 3.8) is 0 Å². The summed E-state index contributed by atoms with van der Waals surface area (Å²) in [5.41, 5.74) is 2.14. The van der Waals surface area contributed by atoms with Crippen LogP contribution >= 0.6 is 35.6 Å². The SMILES string of the molecule is CCNC(=NCc1ccc(N2CCOC(C)C2)nc1)NCCc1ccc(OC)cc1Cl.I. The van der Waals surface area contributed by atoms with Crippen molar-refractivity contribution >= 4 is 47.4 Å². The molecule has 2 aromatic rings. The van der Waals surface area contributed by atoms with Crippen LogP contribution in [0.15, 0.2) is 41.5 Å². The number of halogens is 2. The van der Waals surface area contributed by atoms with Crippen LogP contribution in [0.25, 0.3) is 0 Å². The molecule has 1 saturated heterocycles. The van der Waals surface area contributed by atoms with E-state index in [0.29, 0.717) is 11.6 Å². The van der Waals surface area contributed by atoms with Gasteiger partial charge in [-0.15, -0.1) is 24.0 Å². The van der Waals surface area contributed by atoms with E-state index >= 15 is 0 Å². The molecule has 1 unspecified atom stereocenters. The minimum Gasteiger partial charge on any atom is -0.497 e. The van der Waals surface area contributed by atoms with Crippen LogP contribution in [-0.4, -0.2) is 56.9 Å². The first-order valence-corrected chi connectivity index (χ1v) is 11.1. The highest BCUT2D eigenvalue weighted by molar-refractivity contribution is 14.0. The summed E-state index contributed by atoms with van der Waals surface area (Å²) in [7, 11) is 1.64. The fourth-order valence-corrected chi connectivity index (χ4v) is 3.67. The molecule has 1 aromatic heterocycles. The minimum atomic E-state index is 0. The number of methoxy groups -OCH3 is 1. The lowest BCUT2D eigenvalue weighted by Gasteiger charge is -2.32. The molecule has 1 aliphatic rings. The van der Waals surface area contributed by atoms with Gasteiger partial charge in [0.2, 0.25) is 0 Å². The molecule has 0 saturated carbocycles. The fraction of sp³-hybridized carbons (Fsp3) is 0.478. The normalized spacial score (nSPS) is 16.3. The van der Waals surface area contributed by atoms with E-state index in [9.17, 15) is 0 Å². The maximum atomic E-state index is 6.33. The number of anilines is 1. The number of nitrogens with one attached hydrogen (secondary N) is 2. The third-order valence-corrected chi connectivity index (χ3v) is 5.44. The Bertz CT molecular complexity index is 866. The zero-order valence-electron chi connectivity index (χ0n) is 18.9. The molecule has 0 spiro atoms. The zero-order chi connectivity index (χ0) is 22.1. The van der Waals surface area contributed by atoms with Gasteiger partial charge in [-0.2, -0.15) is 0 Å². The summed E-state index contributed by atoms with van der Waals surface area (Å²) >= 11 is 6.33. The lowest BCUT2D eigenvalue weighted by molar-refractivity contribution is 0.0529. The molecule has 2 heterocycles. The molecule has 1 aromatic carbocycles. The van der Waals surface area contributed by atoms with E-state index in [1.54, 1.807) is 7.11 Å². The average Bonchev–Trinajstić information content (AvgIpc) is 2.78. The van der Waals surface area contributed by atoms with Gasteiger partial charge >= 0.3 is 0 Å². The topological polar surface area (TPSA) is 71.0 Å². The Morgan fingerprint density at radius 2 is 2.16 bits per heavy atom. The van der Waals surface area contributed by atoms with Crippen molar-refractivity contribution < 1.29 is 9.47 Å². The molecule has 0 radical (unpaired) electrons. The molecule has 1 atom stereocenters. The molecular weight excluding hydrogens is 541 g/mol. The summed E-state index contributed by atoms with van der Waals surface area (Å²) < 4.78 is 10.8. The van der Waals surface area contributed by atoms with Gasteiger partial charge in [-0.1, -0.05) is 23.7 Å². The van der Waals surface area contributed by atoms with Crippen molar-refractivity contribution in [2.45, 2.75) is 32.9 Å². The fourth-order valence-electron chi connectivity index (χ4n) is 3.41. The van der Waals surface area contributed by atoms with Gasteiger partial charge in [0.1, 0.15) is 11.6 Å². The van der Waals surface area contributed by atoms with Crippen molar-refractivity contribution in [2.24, 2.45) is 4.99 Å². The summed E-state index contributed by atoms with van der Waals surface area (Å²) in [6, 6.07) is 9.91. The van der Waals surface area contributed by atoms with Gasteiger partial charge in [0.25, 0.3) is 0 Å². The predicted octanol–water partition coefficient (Wildman–Crippen LogP) is 3.88. The lowest BCUT2D eigenvalue weighted by atomic mass is 10.1. The first-order chi connectivity index (χ1) is 15.1.